The van der Waals surface area contributed by atoms with Gasteiger partial charge in [0.05, 0.1) is 6.10 Å². The van der Waals surface area contributed by atoms with Crippen molar-refractivity contribution in [2.75, 3.05) is 13.2 Å². The highest BCUT2D eigenvalue weighted by Crippen LogP contribution is 2.17. The fourth-order valence-corrected chi connectivity index (χ4v) is 1.72. The predicted octanol–water partition coefficient (Wildman–Crippen LogP) is 2.03. The number of hydrogen-bond acceptors (Lipinski definition) is 2. The standard InChI is InChI=1S/C12H21NO2/c1-10(2)12(14)13-8-4-3-6-11-7-5-9-15-11/h11H,1,3-9H2,2H3,(H,13,14). The average Bonchev–Trinajstić information content (AvgIpc) is 2.69. The van der Waals surface area contributed by atoms with Crippen LogP contribution < -0.4 is 5.32 Å². The number of ether oxygens (including phenoxy) is 1. The van der Waals surface area contributed by atoms with Crippen molar-refractivity contribution in [3.63, 3.8) is 0 Å². The first-order valence-corrected chi connectivity index (χ1v) is 5.75. The van der Waals surface area contributed by atoms with E-state index in [-0.39, 0.29) is 5.91 Å². The molecule has 0 radical (unpaired) electrons. The highest BCUT2D eigenvalue weighted by atomic mass is 16.5. The van der Waals surface area contributed by atoms with Crippen LogP contribution in [0.2, 0.25) is 0 Å². The Hall–Kier alpha value is -0.830. The summed E-state index contributed by atoms with van der Waals surface area (Å²) in [7, 11) is 0. The fraction of sp³-hybridized carbons (Fsp3) is 0.750. The summed E-state index contributed by atoms with van der Waals surface area (Å²) in [5.41, 5.74) is 0.578. The molecule has 1 aliphatic heterocycles. The largest absolute Gasteiger partial charge is 0.378 e. The molecular formula is C12H21NO2. The Balaban J connectivity index is 1.92. The van der Waals surface area contributed by atoms with Gasteiger partial charge in [-0.1, -0.05) is 6.58 Å². The second kappa shape index (κ2) is 6.62. The summed E-state index contributed by atoms with van der Waals surface area (Å²) >= 11 is 0. The van der Waals surface area contributed by atoms with Crippen LogP contribution in [-0.2, 0) is 9.53 Å². The molecule has 86 valence electrons. The Morgan fingerprint density at radius 1 is 1.53 bits per heavy atom. The third-order valence-corrected chi connectivity index (χ3v) is 2.65. The zero-order valence-electron chi connectivity index (χ0n) is 9.55. The molecule has 1 N–H and O–H groups in total. The van der Waals surface area contributed by atoms with E-state index < -0.39 is 0 Å². The van der Waals surface area contributed by atoms with Gasteiger partial charge in [-0.05, 0) is 39.0 Å². The zero-order valence-corrected chi connectivity index (χ0v) is 9.55. The molecule has 0 saturated carbocycles. The summed E-state index contributed by atoms with van der Waals surface area (Å²) in [5.74, 6) is -0.0351. The normalized spacial score (nSPS) is 20.2. The molecule has 1 unspecified atom stereocenters. The summed E-state index contributed by atoms with van der Waals surface area (Å²) in [6.07, 6.45) is 6.17. The summed E-state index contributed by atoms with van der Waals surface area (Å²) in [5, 5.41) is 2.83. The van der Waals surface area contributed by atoms with Crippen molar-refractivity contribution < 1.29 is 9.53 Å². The fourth-order valence-electron chi connectivity index (χ4n) is 1.72. The van der Waals surface area contributed by atoms with Crippen LogP contribution in [0.3, 0.4) is 0 Å². The Morgan fingerprint density at radius 3 is 2.93 bits per heavy atom. The summed E-state index contributed by atoms with van der Waals surface area (Å²) < 4.78 is 5.52. The maximum atomic E-state index is 11.1. The maximum Gasteiger partial charge on any atom is 0.246 e. The molecule has 1 heterocycles. The van der Waals surface area contributed by atoms with Crippen molar-refractivity contribution in [1.82, 2.24) is 5.32 Å². The van der Waals surface area contributed by atoms with Crippen LogP contribution in [0.4, 0.5) is 0 Å². The van der Waals surface area contributed by atoms with Crippen molar-refractivity contribution in [2.45, 2.75) is 45.1 Å². The first-order chi connectivity index (χ1) is 7.20. The molecule has 0 aliphatic carbocycles. The number of hydrogen-bond donors (Lipinski definition) is 1. The number of nitrogens with one attached hydrogen (secondary N) is 1. The summed E-state index contributed by atoms with van der Waals surface area (Å²) in [4.78, 5) is 11.1. The first kappa shape index (κ1) is 12.2. The molecule has 0 spiro atoms. The summed E-state index contributed by atoms with van der Waals surface area (Å²) in [6.45, 7) is 6.98. The minimum absolute atomic E-state index is 0.0351. The lowest BCUT2D eigenvalue weighted by Crippen LogP contribution is -2.24. The van der Waals surface area contributed by atoms with E-state index >= 15 is 0 Å². The van der Waals surface area contributed by atoms with Gasteiger partial charge in [-0.3, -0.25) is 4.79 Å². The van der Waals surface area contributed by atoms with Crippen LogP contribution in [0.25, 0.3) is 0 Å². The van der Waals surface area contributed by atoms with E-state index in [2.05, 4.69) is 11.9 Å². The number of carbonyl (C=O) groups is 1. The Labute approximate surface area is 91.9 Å². The molecule has 3 nitrogen and oxygen atoms in total. The molecule has 0 bridgehead atoms. The van der Waals surface area contributed by atoms with Crippen molar-refractivity contribution in [2.24, 2.45) is 0 Å². The van der Waals surface area contributed by atoms with Gasteiger partial charge in [0.2, 0.25) is 5.91 Å². The molecule has 3 heteroatoms. The highest BCUT2D eigenvalue weighted by molar-refractivity contribution is 5.91. The van der Waals surface area contributed by atoms with Gasteiger partial charge < -0.3 is 10.1 Å². The molecule has 1 rings (SSSR count). The number of amides is 1. The minimum atomic E-state index is -0.0351. The third kappa shape index (κ3) is 4.98. The monoisotopic (exact) mass is 211 g/mol. The first-order valence-electron chi connectivity index (χ1n) is 5.75. The number of unbranched alkanes of at least 4 members (excludes halogenated alkanes) is 1. The molecule has 1 amide bonds. The Bertz CT molecular complexity index is 220. The van der Waals surface area contributed by atoms with Crippen molar-refractivity contribution in [3.8, 4) is 0 Å². The van der Waals surface area contributed by atoms with Gasteiger partial charge in [-0.25, -0.2) is 0 Å². The Morgan fingerprint density at radius 2 is 2.33 bits per heavy atom. The smallest absolute Gasteiger partial charge is 0.246 e. The second-order valence-corrected chi connectivity index (χ2v) is 4.17. The van der Waals surface area contributed by atoms with Crippen LogP contribution in [0, 0.1) is 0 Å². The lowest BCUT2D eigenvalue weighted by Gasteiger charge is -2.09. The van der Waals surface area contributed by atoms with Crippen molar-refractivity contribution in [1.29, 1.82) is 0 Å². The topological polar surface area (TPSA) is 38.3 Å². The molecule has 0 aromatic rings. The third-order valence-electron chi connectivity index (χ3n) is 2.65. The molecule has 1 aliphatic rings. The molecule has 1 saturated heterocycles. The molecule has 1 atom stereocenters. The van der Waals surface area contributed by atoms with Gasteiger partial charge in [-0.2, -0.15) is 0 Å². The van der Waals surface area contributed by atoms with Gasteiger partial charge in [0.25, 0.3) is 0 Å². The van der Waals surface area contributed by atoms with E-state index in [0.717, 1.165) is 32.4 Å². The van der Waals surface area contributed by atoms with Gasteiger partial charge in [-0.15, -0.1) is 0 Å². The molecule has 1 fully saturated rings. The predicted molar refractivity (Wildman–Crippen MR) is 60.6 cm³/mol. The van der Waals surface area contributed by atoms with Gasteiger partial charge in [0.1, 0.15) is 0 Å². The second-order valence-electron chi connectivity index (χ2n) is 4.17. The average molecular weight is 211 g/mol. The Kier molecular flexibility index (Phi) is 5.40. The quantitative estimate of drug-likeness (QED) is 0.539. The lowest BCUT2D eigenvalue weighted by molar-refractivity contribution is -0.117. The van der Waals surface area contributed by atoms with Crippen LogP contribution in [0.5, 0.6) is 0 Å². The van der Waals surface area contributed by atoms with Crippen LogP contribution in [0.15, 0.2) is 12.2 Å². The van der Waals surface area contributed by atoms with E-state index in [1.54, 1.807) is 6.92 Å². The molecule has 15 heavy (non-hydrogen) atoms. The van der Waals surface area contributed by atoms with Crippen LogP contribution >= 0.6 is 0 Å². The number of carbonyl (C=O) groups excluding carboxylic acids is 1. The minimum Gasteiger partial charge on any atom is -0.378 e. The van der Waals surface area contributed by atoms with Crippen molar-refractivity contribution in [3.05, 3.63) is 12.2 Å². The highest BCUT2D eigenvalue weighted by Gasteiger charge is 2.14. The van der Waals surface area contributed by atoms with Gasteiger partial charge in [0, 0.05) is 18.7 Å². The van der Waals surface area contributed by atoms with Crippen LogP contribution in [0.1, 0.15) is 39.0 Å². The van der Waals surface area contributed by atoms with E-state index in [1.807, 2.05) is 0 Å². The van der Waals surface area contributed by atoms with Crippen LogP contribution in [-0.4, -0.2) is 25.2 Å². The maximum absolute atomic E-state index is 11.1. The molecule has 0 aromatic heterocycles. The SMILES string of the molecule is C=C(C)C(=O)NCCCCC1CCCO1. The van der Waals surface area contributed by atoms with E-state index in [1.165, 1.54) is 12.8 Å². The summed E-state index contributed by atoms with van der Waals surface area (Å²) in [6, 6.07) is 0. The van der Waals surface area contributed by atoms with Gasteiger partial charge >= 0.3 is 0 Å². The molecule has 0 aromatic carbocycles. The van der Waals surface area contributed by atoms with Gasteiger partial charge in [0.15, 0.2) is 0 Å². The van der Waals surface area contributed by atoms with Crippen molar-refractivity contribution >= 4 is 5.91 Å². The number of rotatable bonds is 6. The van der Waals surface area contributed by atoms with E-state index in [0.29, 0.717) is 11.7 Å². The van der Waals surface area contributed by atoms with E-state index in [9.17, 15) is 4.79 Å². The van der Waals surface area contributed by atoms with E-state index in [4.69, 9.17) is 4.74 Å². The zero-order chi connectivity index (χ0) is 11.1. The lowest BCUT2D eigenvalue weighted by atomic mass is 10.1. The molecular weight excluding hydrogens is 190 g/mol.